The second kappa shape index (κ2) is 5.51. The fourth-order valence-corrected chi connectivity index (χ4v) is 1.60. The van der Waals surface area contributed by atoms with Crippen LogP contribution < -0.4 is 5.32 Å². The molecule has 92 valence electrons. The van der Waals surface area contributed by atoms with Crippen molar-refractivity contribution in [2.24, 2.45) is 0 Å². The number of halogens is 1. The van der Waals surface area contributed by atoms with Crippen molar-refractivity contribution in [2.45, 2.75) is 0 Å². The SMILES string of the molecule is COC(=O)c1ccc(Nc2cccc(Cl)n2)cc1. The molecule has 0 amide bonds. The number of esters is 1. The van der Waals surface area contributed by atoms with Gasteiger partial charge >= 0.3 is 5.97 Å². The molecule has 1 N–H and O–H groups in total. The lowest BCUT2D eigenvalue weighted by atomic mass is 10.2. The van der Waals surface area contributed by atoms with Crippen molar-refractivity contribution < 1.29 is 9.53 Å². The highest BCUT2D eigenvalue weighted by atomic mass is 35.5. The minimum Gasteiger partial charge on any atom is -0.465 e. The van der Waals surface area contributed by atoms with Gasteiger partial charge in [-0.25, -0.2) is 9.78 Å². The first kappa shape index (κ1) is 12.4. The Kier molecular flexibility index (Phi) is 3.79. The molecular weight excluding hydrogens is 252 g/mol. The van der Waals surface area contributed by atoms with E-state index in [1.807, 2.05) is 0 Å². The molecule has 0 fully saturated rings. The van der Waals surface area contributed by atoms with Crippen LogP contribution in [0.5, 0.6) is 0 Å². The first-order chi connectivity index (χ1) is 8.69. The summed E-state index contributed by atoms with van der Waals surface area (Å²) in [5, 5.41) is 3.50. The number of carbonyl (C=O) groups is 1. The predicted octanol–water partition coefficient (Wildman–Crippen LogP) is 3.27. The number of ether oxygens (including phenoxy) is 1. The normalized spacial score (nSPS) is 9.89. The molecular formula is C13H11ClN2O2. The highest BCUT2D eigenvalue weighted by molar-refractivity contribution is 6.29. The van der Waals surface area contributed by atoms with Crippen LogP contribution in [0.25, 0.3) is 0 Å². The highest BCUT2D eigenvalue weighted by Gasteiger charge is 2.04. The average Bonchev–Trinajstić information content (AvgIpc) is 2.39. The van der Waals surface area contributed by atoms with Gasteiger partial charge in [-0.1, -0.05) is 17.7 Å². The van der Waals surface area contributed by atoms with Gasteiger partial charge in [-0.05, 0) is 36.4 Å². The van der Waals surface area contributed by atoms with Crippen molar-refractivity contribution in [2.75, 3.05) is 12.4 Å². The molecule has 18 heavy (non-hydrogen) atoms. The number of methoxy groups -OCH3 is 1. The van der Waals surface area contributed by atoms with Crippen molar-refractivity contribution >= 4 is 29.1 Å². The Hall–Kier alpha value is -2.07. The lowest BCUT2D eigenvalue weighted by Gasteiger charge is -2.06. The summed E-state index contributed by atoms with van der Waals surface area (Å²) in [6, 6.07) is 12.2. The number of nitrogens with one attached hydrogen (secondary N) is 1. The van der Waals surface area contributed by atoms with E-state index in [-0.39, 0.29) is 5.97 Å². The lowest BCUT2D eigenvalue weighted by Crippen LogP contribution is -2.01. The summed E-state index contributed by atoms with van der Waals surface area (Å²) in [6.07, 6.45) is 0. The lowest BCUT2D eigenvalue weighted by molar-refractivity contribution is 0.0601. The molecule has 0 spiro atoms. The quantitative estimate of drug-likeness (QED) is 0.681. The molecule has 0 aliphatic rings. The van der Waals surface area contributed by atoms with Crippen LogP contribution in [-0.2, 0) is 4.74 Å². The number of carbonyl (C=O) groups excluding carboxylic acids is 1. The zero-order chi connectivity index (χ0) is 13.0. The van der Waals surface area contributed by atoms with E-state index in [1.54, 1.807) is 42.5 Å². The molecule has 1 aromatic carbocycles. The van der Waals surface area contributed by atoms with Crippen molar-refractivity contribution in [3.8, 4) is 0 Å². The molecule has 1 aromatic heterocycles. The Morgan fingerprint density at radius 3 is 2.56 bits per heavy atom. The van der Waals surface area contributed by atoms with Crippen LogP contribution in [0, 0.1) is 0 Å². The Morgan fingerprint density at radius 2 is 1.94 bits per heavy atom. The van der Waals surface area contributed by atoms with Gasteiger partial charge in [-0.3, -0.25) is 0 Å². The fourth-order valence-electron chi connectivity index (χ4n) is 1.43. The summed E-state index contributed by atoms with van der Waals surface area (Å²) in [4.78, 5) is 15.4. The van der Waals surface area contributed by atoms with E-state index in [2.05, 4.69) is 15.0 Å². The standard InChI is InChI=1S/C13H11ClN2O2/c1-18-13(17)9-5-7-10(8-6-9)15-12-4-2-3-11(14)16-12/h2-8H,1H3,(H,15,16). The number of aromatic nitrogens is 1. The molecule has 2 rings (SSSR count). The van der Waals surface area contributed by atoms with Crippen molar-refractivity contribution in [1.29, 1.82) is 0 Å². The number of benzene rings is 1. The first-order valence-corrected chi connectivity index (χ1v) is 5.65. The van der Waals surface area contributed by atoms with E-state index in [1.165, 1.54) is 7.11 Å². The van der Waals surface area contributed by atoms with Gasteiger partial charge in [-0.2, -0.15) is 0 Å². The van der Waals surface area contributed by atoms with Crippen LogP contribution in [0.15, 0.2) is 42.5 Å². The van der Waals surface area contributed by atoms with Crippen molar-refractivity contribution in [1.82, 2.24) is 4.98 Å². The fraction of sp³-hybridized carbons (Fsp3) is 0.0769. The zero-order valence-corrected chi connectivity index (χ0v) is 10.4. The van der Waals surface area contributed by atoms with Gasteiger partial charge in [0.2, 0.25) is 0 Å². The number of rotatable bonds is 3. The average molecular weight is 263 g/mol. The molecule has 2 aromatic rings. The summed E-state index contributed by atoms with van der Waals surface area (Å²) in [5.41, 5.74) is 1.32. The molecule has 0 aliphatic carbocycles. The van der Waals surface area contributed by atoms with Crippen molar-refractivity contribution in [3.05, 3.63) is 53.2 Å². The van der Waals surface area contributed by atoms with E-state index >= 15 is 0 Å². The second-order valence-corrected chi connectivity index (χ2v) is 3.93. The smallest absolute Gasteiger partial charge is 0.337 e. The van der Waals surface area contributed by atoms with E-state index in [0.29, 0.717) is 16.5 Å². The van der Waals surface area contributed by atoms with Crippen molar-refractivity contribution in [3.63, 3.8) is 0 Å². The van der Waals surface area contributed by atoms with E-state index in [9.17, 15) is 4.79 Å². The molecule has 0 aliphatic heterocycles. The van der Waals surface area contributed by atoms with E-state index < -0.39 is 0 Å². The molecule has 0 unspecified atom stereocenters. The van der Waals surface area contributed by atoms with E-state index in [0.717, 1.165) is 5.69 Å². The Labute approximate surface area is 110 Å². The van der Waals surface area contributed by atoms with Crippen LogP contribution in [0.3, 0.4) is 0 Å². The number of nitrogens with zero attached hydrogens (tertiary/aromatic N) is 1. The van der Waals surface area contributed by atoms with Gasteiger partial charge in [0.05, 0.1) is 12.7 Å². The largest absolute Gasteiger partial charge is 0.465 e. The summed E-state index contributed by atoms with van der Waals surface area (Å²) in [7, 11) is 1.35. The number of hydrogen-bond donors (Lipinski definition) is 1. The Bertz CT molecular complexity index is 555. The molecule has 0 bridgehead atoms. The maximum atomic E-state index is 11.3. The maximum Gasteiger partial charge on any atom is 0.337 e. The first-order valence-electron chi connectivity index (χ1n) is 5.27. The minimum atomic E-state index is -0.359. The Balaban J connectivity index is 2.13. The third-order valence-corrected chi connectivity index (χ3v) is 2.50. The van der Waals surface area contributed by atoms with E-state index in [4.69, 9.17) is 11.6 Å². The minimum absolute atomic E-state index is 0.359. The molecule has 1 heterocycles. The summed E-state index contributed by atoms with van der Waals surface area (Å²) in [5.74, 6) is 0.288. The maximum absolute atomic E-state index is 11.3. The van der Waals surface area contributed by atoms with Gasteiger partial charge in [-0.15, -0.1) is 0 Å². The van der Waals surface area contributed by atoms with Gasteiger partial charge in [0, 0.05) is 5.69 Å². The number of anilines is 2. The van der Waals surface area contributed by atoms with Gasteiger partial charge in [0.1, 0.15) is 11.0 Å². The van der Waals surface area contributed by atoms with Gasteiger partial charge in [0.25, 0.3) is 0 Å². The summed E-state index contributed by atoms with van der Waals surface area (Å²) >= 11 is 5.78. The topological polar surface area (TPSA) is 51.2 Å². The van der Waals surface area contributed by atoms with Crippen LogP contribution in [0.4, 0.5) is 11.5 Å². The molecule has 0 saturated heterocycles. The van der Waals surface area contributed by atoms with Gasteiger partial charge in [0.15, 0.2) is 0 Å². The van der Waals surface area contributed by atoms with Crippen LogP contribution in [0.2, 0.25) is 5.15 Å². The second-order valence-electron chi connectivity index (χ2n) is 3.54. The third kappa shape index (κ3) is 2.99. The molecule has 0 atom stereocenters. The van der Waals surface area contributed by atoms with Crippen LogP contribution >= 0.6 is 11.6 Å². The summed E-state index contributed by atoms with van der Waals surface area (Å²) in [6.45, 7) is 0. The molecule has 0 radical (unpaired) electrons. The zero-order valence-electron chi connectivity index (χ0n) is 9.68. The van der Waals surface area contributed by atoms with Gasteiger partial charge < -0.3 is 10.1 Å². The number of hydrogen-bond acceptors (Lipinski definition) is 4. The van der Waals surface area contributed by atoms with Crippen LogP contribution in [-0.4, -0.2) is 18.1 Å². The number of pyridine rings is 1. The third-order valence-electron chi connectivity index (χ3n) is 2.29. The van der Waals surface area contributed by atoms with Crippen LogP contribution in [0.1, 0.15) is 10.4 Å². The Morgan fingerprint density at radius 1 is 1.22 bits per heavy atom. The summed E-state index contributed by atoms with van der Waals surface area (Å²) < 4.78 is 4.62. The molecule has 4 nitrogen and oxygen atoms in total. The highest BCUT2D eigenvalue weighted by Crippen LogP contribution is 2.17. The molecule has 5 heteroatoms. The molecule has 0 saturated carbocycles. The predicted molar refractivity (Wildman–Crippen MR) is 70.3 cm³/mol. The monoisotopic (exact) mass is 262 g/mol.